The van der Waals surface area contributed by atoms with E-state index in [0.717, 1.165) is 20.1 Å². The monoisotopic (exact) mass is 528 g/mol. The summed E-state index contributed by atoms with van der Waals surface area (Å²) in [6, 6.07) is 23.1. The van der Waals surface area contributed by atoms with Crippen LogP contribution in [0.1, 0.15) is 29.8 Å². The number of halogens is 2. The van der Waals surface area contributed by atoms with Gasteiger partial charge >= 0.3 is 0 Å². The summed E-state index contributed by atoms with van der Waals surface area (Å²) < 4.78 is 13.9. The first-order chi connectivity index (χ1) is 14.5. The number of carbonyl (C=O) groups is 1. The number of hydrazone groups is 1. The Kier molecular flexibility index (Phi) is 6.20. The average Bonchev–Trinajstić information content (AvgIpc) is 3.19. The minimum atomic E-state index is -0.729. The molecule has 0 aromatic heterocycles. The Hall–Kier alpha value is -2.64. The van der Waals surface area contributed by atoms with E-state index >= 15 is 0 Å². The van der Waals surface area contributed by atoms with E-state index in [1.165, 1.54) is 11.9 Å². The summed E-state index contributed by atoms with van der Waals surface area (Å²) >= 11 is 7.03. The number of hydrogen-bond donors (Lipinski definition) is 0. The molecular formula is C23H18Br2N2O3. The van der Waals surface area contributed by atoms with Gasteiger partial charge in [0.25, 0.3) is 0 Å². The van der Waals surface area contributed by atoms with Crippen molar-refractivity contribution in [3.05, 3.63) is 98.4 Å². The van der Waals surface area contributed by atoms with Crippen LogP contribution in [-0.2, 0) is 16.1 Å². The molecule has 1 unspecified atom stereocenters. The molecular weight excluding hydrogens is 512 g/mol. The molecule has 1 aliphatic heterocycles. The predicted molar refractivity (Wildman–Crippen MR) is 122 cm³/mol. The average molecular weight is 530 g/mol. The summed E-state index contributed by atoms with van der Waals surface area (Å²) in [6.07, 6.45) is -0.729. The van der Waals surface area contributed by atoms with Crippen molar-refractivity contribution in [1.82, 2.24) is 5.01 Å². The molecule has 30 heavy (non-hydrogen) atoms. The second kappa shape index (κ2) is 9.02. The zero-order chi connectivity index (χ0) is 21.1. The molecule has 0 bridgehead atoms. The van der Waals surface area contributed by atoms with Gasteiger partial charge in [-0.2, -0.15) is 5.01 Å². The molecule has 1 amide bonds. The Labute approximate surface area is 191 Å². The third kappa shape index (κ3) is 4.42. The number of rotatable bonds is 5. The number of benzene rings is 3. The number of amides is 1. The fourth-order valence-corrected chi connectivity index (χ4v) is 3.92. The maximum Gasteiger partial charge on any atom is 0.243 e. The van der Waals surface area contributed by atoms with E-state index < -0.39 is 6.23 Å². The van der Waals surface area contributed by atoms with E-state index in [1.807, 2.05) is 72.8 Å². The summed E-state index contributed by atoms with van der Waals surface area (Å²) in [4.78, 5) is 12.3. The van der Waals surface area contributed by atoms with Gasteiger partial charge in [0, 0.05) is 15.9 Å². The Morgan fingerprint density at radius 1 is 1.07 bits per heavy atom. The highest BCUT2D eigenvalue weighted by Gasteiger charge is 2.35. The fraction of sp³-hybridized carbons (Fsp3) is 0.130. The number of hydrogen-bond acceptors (Lipinski definition) is 4. The molecule has 1 heterocycles. The van der Waals surface area contributed by atoms with Gasteiger partial charge in [0.1, 0.15) is 12.4 Å². The second-order valence-electron chi connectivity index (χ2n) is 6.68. The minimum absolute atomic E-state index is 0.226. The first-order valence-electron chi connectivity index (χ1n) is 9.29. The maximum absolute atomic E-state index is 12.3. The van der Waals surface area contributed by atoms with Crippen molar-refractivity contribution in [2.24, 2.45) is 5.10 Å². The van der Waals surface area contributed by atoms with Crippen LogP contribution in [0.25, 0.3) is 0 Å². The smallest absolute Gasteiger partial charge is 0.243 e. The van der Waals surface area contributed by atoms with Crippen LogP contribution in [0.2, 0.25) is 0 Å². The van der Waals surface area contributed by atoms with Gasteiger partial charge in [0.15, 0.2) is 0 Å². The van der Waals surface area contributed by atoms with Gasteiger partial charge in [-0.05, 0) is 51.8 Å². The lowest BCUT2D eigenvalue weighted by molar-refractivity contribution is -0.135. The fourth-order valence-electron chi connectivity index (χ4n) is 3.09. The lowest BCUT2D eigenvalue weighted by Gasteiger charge is -2.22. The van der Waals surface area contributed by atoms with Gasteiger partial charge in [-0.3, -0.25) is 4.79 Å². The van der Waals surface area contributed by atoms with E-state index in [9.17, 15) is 4.79 Å². The molecule has 0 saturated heterocycles. The third-order valence-electron chi connectivity index (χ3n) is 4.55. The van der Waals surface area contributed by atoms with Crippen LogP contribution in [-0.4, -0.2) is 16.8 Å². The van der Waals surface area contributed by atoms with E-state index in [0.29, 0.717) is 23.8 Å². The normalized spacial score (nSPS) is 15.5. The second-order valence-corrected chi connectivity index (χ2v) is 8.45. The van der Waals surface area contributed by atoms with Crippen LogP contribution in [0.3, 0.4) is 0 Å². The molecule has 1 atom stereocenters. The summed E-state index contributed by atoms with van der Waals surface area (Å²) in [6.45, 7) is 1.87. The van der Waals surface area contributed by atoms with Crippen molar-refractivity contribution < 1.29 is 14.3 Å². The molecule has 0 radical (unpaired) electrons. The van der Waals surface area contributed by atoms with E-state index in [1.54, 1.807) is 0 Å². The van der Waals surface area contributed by atoms with Gasteiger partial charge in [-0.1, -0.05) is 58.4 Å². The Bertz CT molecular complexity index is 1100. The largest absolute Gasteiger partial charge is 0.488 e. The molecule has 0 fully saturated rings. The standard InChI is InChI=1S/C23H18Br2N2O3/c1-15(28)27-23(30-22(26-27)18-9-5-6-10-20(18)25)19-13-17(24)11-12-21(19)29-14-16-7-3-2-4-8-16/h2-13,23H,14H2,1H3. The highest BCUT2D eigenvalue weighted by atomic mass is 79.9. The number of nitrogens with zero attached hydrogens (tertiary/aromatic N) is 2. The van der Waals surface area contributed by atoms with Crippen LogP contribution >= 0.6 is 31.9 Å². The van der Waals surface area contributed by atoms with E-state index in [2.05, 4.69) is 37.0 Å². The Balaban J connectivity index is 1.66. The summed E-state index contributed by atoms with van der Waals surface area (Å²) in [5, 5.41) is 5.78. The highest BCUT2D eigenvalue weighted by molar-refractivity contribution is 9.10. The summed E-state index contributed by atoms with van der Waals surface area (Å²) in [7, 11) is 0. The van der Waals surface area contributed by atoms with Crippen molar-refractivity contribution in [3.63, 3.8) is 0 Å². The highest BCUT2D eigenvalue weighted by Crippen LogP contribution is 2.38. The van der Waals surface area contributed by atoms with E-state index in [-0.39, 0.29) is 5.91 Å². The molecule has 0 spiro atoms. The molecule has 1 aliphatic rings. The lowest BCUT2D eigenvalue weighted by atomic mass is 10.1. The SMILES string of the molecule is CC(=O)N1N=C(c2ccccc2Br)OC1c1cc(Br)ccc1OCc1ccccc1. The zero-order valence-electron chi connectivity index (χ0n) is 16.1. The van der Waals surface area contributed by atoms with Gasteiger partial charge < -0.3 is 9.47 Å². The molecule has 4 rings (SSSR count). The van der Waals surface area contributed by atoms with Crippen LogP contribution in [0.15, 0.2) is 86.8 Å². The molecule has 0 saturated carbocycles. The predicted octanol–water partition coefficient (Wildman–Crippen LogP) is 6.03. The van der Waals surface area contributed by atoms with Gasteiger partial charge in [0.05, 0.1) is 11.1 Å². The number of carbonyl (C=O) groups excluding carboxylic acids is 1. The van der Waals surface area contributed by atoms with Gasteiger partial charge in [-0.25, -0.2) is 0 Å². The Morgan fingerprint density at radius 3 is 2.53 bits per heavy atom. The van der Waals surface area contributed by atoms with E-state index in [4.69, 9.17) is 9.47 Å². The van der Waals surface area contributed by atoms with Crippen molar-refractivity contribution in [2.45, 2.75) is 19.8 Å². The van der Waals surface area contributed by atoms with Crippen LogP contribution in [0.4, 0.5) is 0 Å². The molecule has 0 aliphatic carbocycles. The van der Waals surface area contributed by atoms with Gasteiger partial charge in [0.2, 0.25) is 18.0 Å². The summed E-state index contributed by atoms with van der Waals surface area (Å²) in [5.41, 5.74) is 2.53. The molecule has 3 aromatic carbocycles. The van der Waals surface area contributed by atoms with Crippen LogP contribution < -0.4 is 4.74 Å². The third-order valence-corrected chi connectivity index (χ3v) is 5.73. The Morgan fingerprint density at radius 2 is 1.80 bits per heavy atom. The van der Waals surface area contributed by atoms with Crippen molar-refractivity contribution >= 4 is 43.7 Å². The zero-order valence-corrected chi connectivity index (χ0v) is 19.3. The first kappa shape index (κ1) is 20.6. The summed E-state index contributed by atoms with van der Waals surface area (Å²) in [5.74, 6) is 0.773. The molecule has 152 valence electrons. The maximum atomic E-state index is 12.3. The molecule has 3 aromatic rings. The van der Waals surface area contributed by atoms with Crippen molar-refractivity contribution in [1.29, 1.82) is 0 Å². The van der Waals surface area contributed by atoms with Crippen molar-refractivity contribution in [3.8, 4) is 5.75 Å². The molecule has 0 N–H and O–H groups in total. The first-order valence-corrected chi connectivity index (χ1v) is 10.9. The minimum Gasteiger partial charge on any atom is -0.488 e. The topological polar surface area (TPSA) is 51.1 Å². The van der Waals surface area contributed by atoms with Crippen molar-refractivity contribution in [2.75, 3.05) is 0 Å². The van der Waals surface area contributed by atoms with Crippen LogP contribution in [0, 0.1) is 0 Å². The quantitative estimate of drug-likeness (QED) is 0.405. The van der Waals surface area contributed by atoms with Crippen LogP contribution in [0.5, 0.6) is 5.75 Å². The molecule has 7 heteroatoms. The molecule has 5 nitrogen and oxygen atoms in total. The van der Waals surface area contributed by atoms with Gasteiger partial charge in [-0.15, -0.1) is 5.10 Å². The number of ether oxygens (including phenoxy) is 2. The lowest BCUT2D eigenvalue weighted by Crippen LogP contribution is -2.25.